The number of rotatable bonds is 7. The van der Waals surface area contributed by atoms with E-state index in [1.807, 2.05) is 30.3 Å². The Balaban J connectivity index is 1.70. The number of amides is 2. The van der Waals surface area contributed by atoms with Crippen molar-refractivity contribution in [3.63, 3.8) is 0 Å². The Morgan fingerprint density at radius 3 is 2.55 bits per heavy atom. The van der Waals surface area contributed by atoms with Crippen molar-refractivity contribution in [2.24, 2.45) is 0 Å². The average Bonchev–Trinajstić information content (AvgIpc) is 2.81. The number of ether oxygens (including phenoxy) is 1. The average molecular weight is 436 g/mol. The second-order valence-electron chi connectivity index (χ2n) is 6.82. The molecule has 1 aliphatic rings. The van der Waals surface area contributed by atoms with Gasteiger partial charge in [0, 0.05) is 18.9 Å². The van der Waals surface area contributed by atoms with Crippen molar-refractivity contribution in [1.82, 2.24) is 10.6 Å². The summed E-state index contributed by atoms with van der Waals surface area (Å²) in [5.74, 6) is -1.26. The summed E-state index contributed by atoms with van der Waals surface area (Å²) in [6.45, 7) is 0.409. The maximum atomic E-state index is 12.3. The van der Waals surface area contributed by atoms with Crippen LogP contribution in [0.2, 0.25) is 0 Å². The van der Waals surface area contributed by atoms with Gasteiger partial charge in [0.25, 0.3) is 0 Å². The van der Waals surface area contributed by atoms with Gasteiger partial charge in [-0.05, 0) is 23.3 Å². The normalized spacial score (nSPS) is 15.6. The topological polar surface area (TPSA) is 108 Å². The van der Waals surface area contributed by atoms with Crippen molar-refractivity contribution < 1.29 is 19.1 Å². The van der Waals surface area contributed by atoms with E-state index in [0.29, 0.717) is 22.7 Å². The molecule has 0 bridgehead atoms. The Hall–Kier alpha value is -3.57. The zero-order valence-electron chi connectivity index (χ0n) is 16.9. The fraction of sp³-hybridized carbons (Fsp3) is 0.217. The van der Waals surface area contributed by atoms with Gasteiger partial charge in [-0.1, -0.05) is 54.2 Å². The number of benzene rings is 2. The number of carbonyl (C=O) groups is 3. The Kier molecular flexibility index (Phi) is 7.46. The number of nitrogens with one attached hydrogen (secondary N) is 2. The van der Waals surface area contributed by atoms with Gasteiger partial charge in [-0.3, -0.25) is 9.59 Å². The molecule has 31 heavy (non-hydrogen) atoms. The van der Waals surface area contributed by atoms with E-state index >= 15 is 0 Å². The summed E-state index contributed by atoms with van der Waals surface area (Å²) in [5.41, 5.74) is 2.51. The highest BCUT2D eigenvalue weighted by molar-refractivity contribution is 8.03. The van der Waals surface area contributed by atoms with E-state index in [-0.39, 0.29) is 24.0 Å². The standard InChI is InChI=1S/C23H21N3O4S/c1-30-23(29)17-9-7-16(8-10-17)18-11-20(27)26-22(19(18)12-24)31-14-21(28)25-13-15-5-3-2-4-6-15/h2-10,18H,11,13-14H2,1H3,(H,25,28)(H,26,27)/t18-/m1/s1. The molecule has 2 N–H and O–H groups in total. The second kappa shape index (κ2) is 10.5. The first-order valence-electron chi connectivity index (χ1n) is 9.57. The van der Waals surface area contributed by atoms with Crippen molar-refractivity contribution in [3.8, 4) is 6.07 Å². The molecule has 2 amide bonds. The van der Waals surface area contributed by atoms with Crippen LogP contribution in [-0.2, 0) is 20.9 Å². The summed E-state index contributed by atoms with van der Waals surface area (Å²) in [5, 5.41) is 15.7. The summed E-state index contributed by atoms with van der Waals surface area (Å²) in [4.78, 5) is 36.1. The van der Waals surface area contributed by atoms with E-state index in [1.54, 1.807) is 24.3 Å². The molecular formula is C23H21N3O4S. The van der Waals surface area contributed by atoms with Gasteiger partial charge in [-0.15, -0.1) is 0 Å². The van der Waals surface area contributed by atoms with Crippen LogP contribution >= 0.6 is 11.8 Å². The lowest BCUT2D eigenvalue weighted by molar-refractivity contribution is -0.121. The Morgan fingerprint density at radius 2 is 1.90 bits per heavy atom. The highest BCUT2D eigenvalue weighted by Crippen LogP contribution is 2.36. The number of methoxy groups -OCH3 is 1. The predicted molar refractivity (Wildman–Crippen MR) is 117 cm³/mol. The van der Waals surface area contributed by atoms with Gasteiger partial charge in [0.2, 0.25) is 11.8 Å². The molecule has 8 heteroatoms. The molecule has 158 valence electrons. The molecular weight excluding hydrogens is 414 g/mol. The highest BCUT2D eigenvalue weighted by Gasteiger charge is 2.30. The number of carbonyl (C=O) groups excluding carboxylic acids is 3. The lowest BCUT2D eigenvalue weighted by Crippen LogP contribution is -2.32. The number of thioether (sulfide) groups is 1. The highest BCUT2D eigenvalue weighted by atomic mass is 32.2. The van der Waals surface area contributed by atoms with Crippen molar-refractivity contribution in [3.05, 3.63) is 81.9 Å². The molecule has 7 nitrogen and oxygen atoms in total. The fourth-order valence-electron chi connectivity index (χ4n) is 3.17. The molecule has 0 saturated carbocycles. The van der Waals surface area contributed by atoms with Crippen LogP contribution in [0.5, 0.6) is 0 Å². The quantitative estimate of drug-likeness (QED) is 0.648. The lowest BCUT2D eigenvalue weighted by atomic mass is 9.87. The van der Waals surface area contributed by atoms with Crippen LogP contribution in [0.25, 0.3) is 0 Å². The number of hydrogen-bond donors (Lipinski definition) is 2. The van der Waals surface area contributed by atoms with Crippen LogP contribution in [0, 0.1) is 11.3 Å². The van der Waals surface area contributed by atoms with Crippen LogP contribution in [-0.4, -0.2) is 30.6 Å². The molecule has 0 unspecified atom stereocenters. The number of allylic oxidation sites excluding steroid dienone is 1. The molecule has 0 aliphatic carbocycles. The second-order valence-corrected chi connectivity index (χ2v) is 7.81. The summed E-state index contributed by atoms with van der Waals surface area (Å²) >= 11 is 1.13. The number of nitriles is 1. The van der Waals surface area contributed by atoms with Gasteiger partial charge in [0.15, 0.2) is 0 Å². The van der Waals surface area contributed by atoms with Crippen LogP contribution in [0.15, 0.2) is 65.2 Å². The molecule has 0 saturated heterocycles. The predicted octanol–water partition coefficient (Wildman–Crippen LogP) is 2.86. The number of hydrogen-bond acceptors (Lipinski definition) is 6. The van der Waals surface area contributed by atoms with Gasteiger partial charge in [0.05, 0.1) is 35.1 Å². The minimum Gasteiger partial charge on any atom is -0.465 e. The monoisotopic (exact) mass is 435 g/mol. The fourth-order valence-corrected chi connectivity index (χ4v) is 4.08. The summed E-state index contributed by atoms with van der Waals surface area (Å²) in [6.07, 6.45) is 0.116. The smallest absolute Gasteiger partial charge is 0.337 e. The zero-order chi connectivity index (χ0) is 22.2. The zero-order valence-corrected chi connectivity index (χ0v) is 17.7. The molecule has 0 radical (unpaired) electrons. The van der Waals surface area contributed by atoms with Crippen molar-refractivity contribution in [2.45, 2.75) is 18.9 Å². The van der Waals surface area contributed by atoms with Gasteiger partial charge >= 0.3 is 5.97 Å². The van der Waals surface area contributed by atoms with Gasteiger partial charge in [0.1, 0.15) is 0 Å². The molecule has 3 rings (SSSR count). The number of esters is 1. The molecule has 0 fully saturated rings. The van der Waals surface area contributed by atoms with E-state index in [1.165, 1.54) is 7.11 Å². The Labute approximate surface area is 184 Å². The van der Waals surface area contributed by atoms with E-state index in [2.05, 4.69) is 16.7 Å². The van der Waals surface area contributed by atoms with Gasteiger partial charge in [-0.25, -0.2) is 4.79 Å². The van der Waals surface area contributed by atoms with Crippen LogP contribution in [0.1, 0.15) is 33.8 Å². The summed E-state index contributed by atoms with van der Waals surface area (Å²) in [7, 11) is 1.30. The molecule has 1 atom stereocenters. The van der Waals surface area contributed by atoms with E-state index < -0.39 is 11.9 Å². The van der Waals surface area contributed by atoms with Crippen molar-refractivity contribution in [1.29, 1.82) is 5.26 Å². The maximum Gasteiger partial charge on any atom is 0.337 e. The SMILES string of the molecule is COC(=O)c1ccc([C@H]2CC(=O)NC(SCC(=O)NCc3ccccc3)=C2C#N)cc1. The first-order chi connectivity index (χ1) is 15.0. The molecule has 1 heterocycles. The molecule has 0 spiro atoms. The summed E-state index contributed by atoms with van der Waals surface area (Å²) in [6, 6.07) is 18.3. The minimum atomic E-state index is -0.457. The number of nitrogens with zero attached hydrogens (tertiary/aromatic N) is 1. The first kappa shape index (κ1) is 22.1. The third kappa shape index (κ3) is 5.74. The third-order valence-corrected chi connectivity index (χ3v) is 5.79. The molecule has 2 aromatic rings. The van der Waals surface area contributed by atoms with Crippen LogP contribution in [0.4, 0.5) is 0 Å². The van der Waals surface area contributed by atoms with E-state index in [0.717, 1.165) is 22.9 Å². The third-order valence-electron chi connectivity index (χ3n) is 4.77. The molecule has 1 aliphatic heterocycles. The van der Waals surface area contributed by atoms with Crippen molar-refractivity contribution >= 4 is 29.5 Å². The first-order valence-corrected chi connectivity index (χ1v) is 10.6. The summed E-state index contributed by atoms with van der Waals surface area (Å²) < 4.78 is 4.69. The van der Waals surface area contributed by atoms with Gasteiger partial charge < -0.3 is 15.4 Å². The largest absolute Gasteiger partial charge is 0.465 e. The van der Waals surface area contributed by atoms with Crippen LogP contribution in [0.3, 0.4) is 0 Å². The lowest BCUT2D eigenvalue weighted by Gasteiger charge is -2.25. The Morgan fingerprint density at radius 1 is 1.19 bits per heavy atom. The van der Waals surface area contributed by atoms with E-state index in [4.69, 9.17) is 4.74 Å². The minimum absolute atomic E-state index is 0.0711. The Bertz CT molecular complexity index is 1040. The van der Waals surface area contributed by atoms with E-state index in [9.17, 15) is 19.6 Å². The van der Waals surface area contributed by atoms with Crippen molar-refractivity contribution in [2.75, 3.05) is 12.9 Å². The molecule has 0 aromatic heterocycles. The molecule has 2 aromatic carbocycles. The van der Waals surface area contributed by atoms with Crippen LogP contribution < -0.4 is 10.6 Å². The van der Waals surface area contributed by atoms with Gasteiger partial charge in [-0.2, -0.15) is 5.26 Å². The maximum absolute atomic E-state index is 12.3.